The molecule has 2 N–H and O–H groups in total. The molecule has 4 nitrogen and oxygen atoms in total. The fourth-order valence-electron chi connectivity index (χ4n) is 3.58. The molecule has 4 rings (SSSR count). The number of allylic oxidation sites excluding steroid dienone is 5. The molecule has 0 atom stereocenters. The standard InChI is InChI=1S/C23H24N2O2/c1-26-22-9-5-7-18(23(22)27-2)15-24-19-12-13-21-17(14-19)11-10-16-6-3-4-8-20(16)25-21/h3-9,11-13,24-25H,10,14-15H2,1-2H3. The Morgan fingerprint density at radius 2 is 1.89 bits per heavy atom. The summed E-state index contributed by atoms with van der Waals surface area (Å²) in [5.41, 5.74) is 7.31. The first-order valence-electron chi connectivity index (χ1n) is 9.17. The van der Waals surface area contributed by atoms with Gasteiger partial charge in [0.2, 0.25) is 0 Å². The quantitative estimate of drug-likeness (QED) is 0.820. The maximum absolute atomic E-state index is 5.53. The van der Waals surface area contributed by atoms with Crippen molar-refractivity contribution in [1.82, 2.24) is 5.32 Å². The highest BCUT2D eigenvalue weighted by molar-refractivity contribution is 5.63. The van der Waals surface area contributed by atoms with E-state index < -0.39 is 0 Å². The molecule has 2 aliphatic rings. The van der Waals surface area contributed by atoms with Gasteiger partial charge >= 0.3 is 0 Å². The smallest absolute Gasteiger partial charge is 0.165 e. The van der Waals surface area contributed by atoms with Crippen molar-refractivity contribution in [3.8, 4) is 11.5 Å². The van der Waals surface area contributed by atoms with E-state index in [0.717, 1.165) is 29.9 Å². The summed E-state index contributed by atoms with van der Waals surface area (Å²) < 4.78 is 10.9. The molecule has 0 saturated carbocycles. The average Bonchev–Trinajstić information content (AvgIpc) is 2.90. The van der Waals surface area contributed by atoms with Crippen LogP contribution in [0.5, 0.6) is 11.5 Å². The topological polar surface area (TPSA) is 42.5 Å². The molecule has 0 fully saturated rings. The van der Waals surface area contributed by atoms with Crippen LogP contribution in [0.15, 0.2) is 77.7 Å². The SMILES string of the molecule is COc1cccc(CNC2=CC=C3Nc4ccccc4CC=C3C2)c1OC. The van der Waals surface area contributed by atoms with Crippen LogP contribution >= 0.6 is 0 Å². The van der Waals surface area contributed by atoms with Crippen LogP contribution in [0.3, 0.4) is 0 Å². The van der Waals surface area contributed by atoms with Crippen LogP contribution in [0.25, 0.3) is 0 Å². The zero-order valence-corrected chi connectivity index (χ0v) is 15.7. The Morgan fingerprint density at radius 3 is 2.74 bits per heavy atom. The van der Waals surface area contributed by atoms with Gasteiger partial charge in [-0.15, -0.1) is 0 Å². The average molecular weight is 360 g/mol. The van der Waals surface area contributed by atoms with Crippen LogP contribution in [0.4, 0.5) is 5.69 Å². The number of ether oxygens (including phenoxy) is 2. The number of hydrogen-bond donors (Lipinski definition) is 2. The van der Waals surface area contributed by atoms with Crippen molar-refractivity contribution >= 4 is 5.69 Å². The summed E-state index contributed by atoms with van der Waals surface area (Å²) in [5, 5.41) is 7.12. The summed E-state index contributed by atoms with van der Waals surface area (Å²) in [6.07, 6.45) is 8.47. The molecule has 4 heteroatoms. The van der Waals surface area contributed by atoms with E-state index in [1.54, 1.807) is 14.2 Å². The van der Waals surface area contributed by atoms with Crippen LogP contribution in [-0.4, -0.2) is 14.2 Å². The molecule has 0 saturated heterocycles. The van der Waals surface area contributed by atoms with E-state index in [4.69, 9.17) is 9.47 Å². The molecule has 1 aliphatic carbocycles. The molecule has 27 heavy (non-hydrogen) atoms. The maximum atomic E-state index is 5.53. The second-order valence-corrected chi connectivity index (χ2v) is 6.67. The largest absolute Gasteiger partial charge is 0.493 e. The number of hydrogen-bond acceptors (Lipinski definition) is 4. The number of methoxy groups -OCH3 is 2. The maximum Gasteiger partial charge on any atom is 0.165 e. The van der Waals surface area contributed by atoms with Gasteiger partial charge in [0, 0.05) is 35.6 Å². The van der Waals surface area contributed by atoms with Gasteiger partial charge in [0.25, 0.3) is 0 Å². The fourth-order valence-corrected chi connectivity index (χ4v) is 3.58. The Kier molecular flexibility index (Phi) is 4.88. The lowest BCUT2D eigenvalue weighted by molar-refractivity contribution is 0.351. The minimum Gasteiger partial charge on any atom is -0.493 e. The molecule has 0 radical (unpaired) electrons. The van der Waals surface area contributed by atoms with Crippen molar-refractivity contribution < 1.29 is 9.47 Å². The van der Waals surface area contributed by atoms with Gasteiger partial charge in [-0.2, -0.15) is 0 Å². The van der Waals surface area contributed by atoms with Gasteiger partial charge in [0.1, 0.15) is 0 Å². The van der Waals surface area contributed by atoms with Gasteiger partial charge in [-0.3, -0.25) is 0 Å². The van der Waals surface area contributed by atoms with Crippen LogP contribution in [0.2, 0.25) is 0 Å². The van der Waals surface area contributed by atoms with Crippen LogP contribution in [0.1, 0.15) is 17.5 Å². The van der Waals surface area contributed by atoms with Gasteiger partial charge in [0.15, 0.2) is 11.5 Å². The van der Waals surface area contributed by atoms with E-state index in [9.17, 15) is 0 Å². The zero-order chi connectivity index (χ0) is 18.6. The number of fused-ring (bicyclic) bond motifs is 2. The minimum atomic E-state index is 0.691. The number of anilines is 1. The minimum absolute atomic E-state index is 0.691. The first-order chi connectivity index (χ1) is 13.3. The van der Waals surface area contributed by atoms with Gasteiger partial charge < -0.3 is 20.1 Å². The van der Waals surface area contributed by atoms with Crippen LogP contribution in [-0.2, 0) is 13.0 Å². The van der Waals surface area contributed by atoms with Gasteiger partial charge in [-0.25, -0.2) is 0 Å². The third-order valence-electron chi connectivity index (χ3n) is 5.02. The summed E-state index contributed by atoms with van der Waals surface area (Å²) in [6.45, 7) is 0.691. The molecule has 1 aliphatic heterocycles. The van der Waals surface area contributed by atoms with Crippen molar-refractivity contribution in [1.29, 1.82) is 0 Å². The lowest BCUT2D eigenvalue weighted by atomic mass is 10.00. The second kappa shape index (κ2) is 7.62. The Bertz CT molecular complexity index is 941. The van der Waals surface area contributed by atoms with E-state index in [-0.39, 0.29) is 0 Å². The van der Waals surface area contributed by atoms with Crippen molar-refractivity contribution in [2.45, 2.75) is 19.4 Å². The number of nitrogens with one attached hydrogen (secondary N) is 2. The lowest BCUT2D eigenvalue weighted by Crippen LogP contribution is -2.17. The molecule has 2 aromatic carbocycles. The third-order valence-corrected chi connectivity index (χ3v) is 5.02. The molecule has 2 aromatic rings. The zero-order valence-electron chi connectivity index (χ0n) is 15.7. The van der Waals surface area contributed by atoms with Gasteiger partial charge in [-0.05, 0) is 41.8 Å². The first-order valence-corrected chi connectivity index (χ1v) is 9.17. The van der Waals surface area contributed by atoms with Crippen molar-refractivity contribution in [3.05, 3.63) is 88.8 Å². The predicted molar refractivity (Wildman–Crippen MR) is 109 cm³/mol. The normalized spacial score (nSPS) is 15.1. The second-order valence-electron chi connectivity index (χ2n) is 6.67. The summed E-state index contributed by atoms with van der Waals surface area (Å²) in [5.74, 6) is 1.54. The van der Waals surface area contributed by atoms with Crippen LogP contribution < -0.4 is 20.1 Å². The number of benzene rings is 2. The molecule has 0 unspecified atom stereocenters. The molecule has 0 aromatic heterocycles. The summed E-state index contributed by atoms with van der Waals surface area (Å²) in [7, 11) is 3.34. The van der Waals surface area contributed by atoms with Crippen molar-refractivity contribution in [2.24, 2.45) is 0 Å². The highest BCUT2D eigenvalue weighted by Gasteiger charge is 2.17. The summed E-state index contributed by atoms with van der Waals surface area (Å²) in [4.78, 5) is 0. The van der Waals surface area contributed by atoms with E-state index in [0.29, 0.717) is 6.54 Å². The van der Waals surface area contributed by atoms with Crippen molar-refractivity contribution in [3.63, 3.8) is 0 Å². The molecular formula is C23H24N2O2. The Balaban J connectivity index is 1.50. The van der Waals surface area contributed by atoms with E-state index in [1.807, 2.05) is 12.1 Å². The van der Waals surface area contributed by atoms with Gasteiger partial charge in [0.05, 0.1) is 14.2 Å². The van der Waals surface area contributed by atoms with Crippen LogP contribution in [0, 0.1) is 0 Å². The molecule has 138 valence electrons. The Labute approximate surface area is 160 Å². The highest BCUT2D eigenvalue weighted by Crippen LogP contribution is 2.33. The lowest BCUT2D eigenvalue weighted by Gasteiger charge is -2.21. The molecule has 1 heterocycles. The fraction of sp³-hybridized carbons (Fsp3) is 0.217. The first kappa shape index (κ1) is 17.3. The van der Waals surface area contributed by atoms with Crippen molar-refractivity contribution in [2.75, 3.05) is 19.5 Å². The number of para-hydroxylation sites is 2. The molecule has 0 spiro atoms. The molecule has 0 amide bonds. The third kappa shape index (κ3) is 3.56. The Morgan fingerprint density at radius 1 is 1.00 bits per heavy atom. The van der Waals surface area contributed by atoms with E-state index >= 15 is 0 Å². The number of rotatable bonds is 5. The Hall–Kier alpha value is -3.14. The predicted octanol–water partition coefficient (Wildman–Crippen LogP) is 4.56. The highest BCUT2D eigenvalue weighted by atomic mass is 16.5. The molecular weight excluding hydrogens is 336 g/mol. The monoisotopic (exact) mass is 360 g/mol. The van der Waals surface area contributed by atoms with E-state index in [1.165, 1.54) is 28.2 Å². The summed E-state index contributed by atoms with van der Waals surface area (Å²) >= 11 is 0. The van der Waals surface area contributed by atoms with E-state index in [2.05, 4.69) is 59.2 Å². The van der Waals surface area contributed by atoms with Gasteiger partial charge in [-0.1, -0.05) is 36.4 Å². The molecule has 0 bridgehead atoms. The summed E-state index contributed by atoms with van der Waals surface area (Å²) in [6, 6.07) is 14.4.